The third-order valence-electron chi connectivity index (χ3n) is 4.48. The van der Waals surface area contributed by atoms with E-state index in [1.54, 1.807) is 0 Å². The summed E-state index contributed by atoms with van der Waals surface area (Å²) in [6.45, 7) is 4.70. The highest BCUT2D eigenvalue weighted by Crippen LogP contribution is 2.48. The zero-order chi connectivity index (χ0) is 10.9. The fraction of sp³-hybridized carbons (Fsp3) is 1.00. The fourth-order valence-corrected chi connectivity index (χ4v) is 3.58. The average molecular weight is 209 g/mol. The average Bonchev–Trinajstić information content (AvgIpc) is 2.83. The largest absolute Gasteiger partial charge is 0.327 e. The topological polar surface area (TPSA) is 26.0 Å². The Labute approximate surface area is 94.8 Å². The molecule has 0 heterocycles. The molecule has 1 unspecified atom stereocenters. The summed E-state index contributed by atoms with van der Waals surface area (Å²) < 4.78 is 0. The van der Waals surface area contributed by atoms with Gasteiger partial charge in [-0.1, -0.05) is 39.5 Å². The molecule has 1 heteroatoms. The van der Waals surface area contributed by atoms with Crippen molar-refractivity contribution in [1.82, 2.24) is 0 Å². The Morgan fingerprint density at radius 3 is 2.27 bits per heavy atom. The van der Waals surface area contributed by atoms with E-state index in [4.69, 9.17) is 5.73 Å². The van der Waals surface area contributed by atoms with Crippen LogP contribution in [0.3, 0.4) is 0 Å². The molecule has 2 N–H and O–H groups in total. The molecule has 0 amide bonds. The fourth-order valence-electron chi connectivity index (χ4n) is 3.58. The summed E-state index contributed by atoms with van der Waals surface area (Å²) >= 11 is 0. The zero-order valence-corrected chi connectivity index (χ0v) is 10.5. The van der Waals surface area contributed by atoms with Crippen molar-refractivity contribution in [3.63, 3.8) is 0 Å². The zero-order valence-electron chi connectivity index (χ0n) is 10.5. The number of nitrogens with two attached hydrogens (primary N) is 1. The lowest BCUT2D eigenvalue weighted by atomic mass is 9.71. The molecule has 0 spiro atoms. The normalized spacial score (nSPS) is 27.2. The van der Waals surface area contributed by atoms with Gasteiger partial charge in [0.25, 0.3) is 0 Å². The Bertz CT molecular complexity index is 199. The molecule has 2 aliphatic rings. The molecule has 1 atom stereocenters. The summed E-state index contributed by atoms with van der Waals surface area (Å²) in [5.41, 5.74) is 7.03. The number of rotatable bonds is 5. The molecule has 0 aliphatic heterocycles. The van der Waals surface area contributed by atoms with Crippen LogP contribution in [-0.4, -0.2) is 6.04 Å². The van der Waals surface area contributed by atoms with Gasteiger partial charge in [0, 0.05) is 6.04 Å². The maximum Gasteiger partial charge on any atom is 0.00982 e. The first kappa shape index (κ1) is 11.4. The van der Waals surface area contributed by atoms with Crippen LogP contribution in [0.2, 0.25) is 0 Å². The van der Waals surface area contributed by atoms with E-state index in [1.807, 2.05) is 0 Å². The van der Waals surface area contributed by atoms with Crippen LogP contribution < -0.4 is 5.73 Å². The van der Waals surface area contributed by atoms with Crippen molar-refractivity contribution >= 4 is 0 Å². The van der Waals surface area contributed by atoms with Gasteiger partial charge in [0.05, 0.1) is 0 Å². The minimum absolute atomic E-state index is 0.495. The predicted octanol–water partition coefficient (Wildman–Crippen LogP) is 3.72. The van der Waals surface area contributed by atoms with Crippen molar-refractivity contribution in [1.29, 1.82) is 0 Å². The second-order valence-corrected chi connectivity index (χ2v) is 6.45. The van der Waals surface area contributed by atoms with E-state index in [0.717, 1.165) is 11.8 Å². The Morgan fingerprint density at radius 2 is 1.80 bits per heavy atom. The highest BCUT2D eigenvalue weighted by molar-refractivity contribution is 4.96. The summed E-state index contributed by atoms with van der Waals surface area (Å²) in [7, 11) is 0. The van der Waals surface area contributed by atoms with Crippen molar-refractivity contribution in [2.45, 2.75) is 71.3 Å². The Morgan fingerprint density at radius 1 is 1.20 bits per heavy atom. The van der Waals surface area contributed by atoms with Crippen molar-refractivity contribution in [2.24, 2.45) is 23.0 Å². The Kier molecular flexibility index (Phi) is 3.39. The molecule has 88 valence electrons. The predicted molar refractivity (Wildman–Crippen MR) is 65.7 cm³/mol. The van der Waals surface area contributed by atoms with E-state index in [1.165, 1.54) is 51.4 Å². The molecular weight excluding hydrogens is 182 g/mol. The summed E-state index contributed by atoms with van der Waals surface area (Å²) in [6.07, 6.45) is 11.2. The Balaban J connectivity index is 1.96. The smallest absolute Gasteiger partial charge is 0.00982 e. The summed E-state index contributed by atoms with van der Waals surface area (Å²) in [5, 5.41) is 0. The van der Waals surface area contributed by atoms with E-state index in [0.29, 0.717) is 11.5 Å². The van der Waals surface area contributed by atoms with Gasteiger partial charge < -0.3 is 5.73 Å². The minimum Gasteiger partial charge on any atom is -0.327 e. The van der Waals surface area contributed by atoms with Gasteiger partial charge in [-0.15, -0.1) is 0 Å². The van der Waals surface area contributed by atoms with Crippen molar-refractivity contribution in [3.8, 4) is 0 Å². The summed E-state index contributed by atoms with van der Waals surface area (Å²) in [5.74, 6) is 1.80. The van der Waals surface area contributed by atoms with Gasteiger partial charge in [-0.2, -0.15) is 0 Å². The molecule has 2 fully saturated rings. The molecule has 0 bridgehead atoms. The standard InChI is InChI=1S/C14H27N/c1-11(2)10-14(7-3-4-8-14)13(15)9-12-5-6-12/h11-13H,3-10,15H2,1-2H3. The SMILES string of the molecule is CC(C)CC1(C(N)CC2CC2)CCCC1. The van der Waals surface area contributed by atoms with Gasteiger partial charge in [0.2, 0.25) is 0 Å². The van der Waals surface area contributed by atoms with Crippen LogP contribution in [0, 0.1) is 17.3 Å². The van der Waals surface area contributed by atoms with Crippen LogP contribution in [0.4, 0.5) is 0 Å². The molecule has 0 radical (unpaired) electrons. The first-order valence-corrected chi connectivity index (χ1v) is 6.88. The maximum atomic E-state index is 6.50. The highest BCUT2D eigenvalue weighted by Gasteiger charge is 2.41. The molecule has 15 heavy (non-hydrogen) atoms. The van der Waals surface area contributed by atoms with E-state index in [2.05, 4.69) is 13.8 Å². The second-order valence-electron chi connectivity index (χ2n) is 6.45. The van der Waals surface area contributed by atoms with Gasteiger partial charge >= 0.3 is 0 Å². The summed E-state index contributed by atoms with van der Waals surface area (Å²) in [6, 6.07) is 0.495. The van der Waals surface area contributed by atoms with Crippen LogP contribution in [0.15, 0.2) is 0 Å². The molecule has 2 saturated carbocycles. The molecular formula is C14H27N. The highest BCUT2D eigenvalue weighted by atomic mass is 14.7. The first-order valence-electron chi connectivity index (χ1n) is 6.88. The van der Waals surface area contributed by atoms with Crippen LogP contribution >= 0.6 is 0 Å². The van der Waals surface area contributed by atoms with Crippen molar-refractivity contribution in [2.75, 3.05) is 0 Å². The van der Waals surface area contributed by atoms with Crippen LogP contribution in [0.5, 0.6) is 0 Å². The molecule has 0 aromatic rings. The molecule has 2 rings (SSSR count). The van der Waals surface area contributed by atoms with Gasteiger partial charge in [-0.05, 0) is 42.9 Å². The number of hydrogen-bond acceptors (Lipinski definition) is 1. The quantitative estimate of drug-likeness (QED) is 0.733. The van der Waals surface area contributed by atoms with Crippen LogP contribution in [0.1, 0.15) is 65.2 Å². The van der Waals surface area contributed by atoms with Crippen LogP contribution in [-0.2, 0) is 0 Å². The first-order chi connectivity index (χ1) is 7.12. The molecule has 0 aromatic carbocycles. The van der Waals surface area contributed by atoms with E-state index in [-0.39, 0.29) is 0 Å². The minimum atomic E-state index is 0.495. The monoisotopic (exact) mass is 209 g/mol. The Hall–Kier alpha value is -0.0400. The third-order valence-corrected chi connectivity index (χ3v) is 4.48. The maximum absolute atomic E-state index is 6.50. The van der Waals surface area contributed by atoms with Crippen molar-refractivity contribution < 1.29 is 0 Å². The lowest BCUT2D eigenvalue weighted by molar-refractivity contribution is 0.171. The van der Waals surface area contributed by atoms with Crippen LogP contribution in [0.25, 0.3) is 0 Å². The van der Waals surface area contributed by atoms with E-state index < -0.39 is 0 Å². The second kappa shape index (κ2) is 4.45. The molecule has 2 aliphatic carbocycles. The third kappa shape index (κ3) is 2.75. The van der Waals surface area contributed by atoms with Gasteiger partial charge in [-0.3, -0.25) is 0 Å². The molecule has 0 aromatic heterocycles. The lowest BCUT2D eigenvalue weighted by Crippen LogP contribution is -2.41. The number of hydrogen-bond donors (Lipinski definition) is 1. The molecule has 1 nitrogen and oxygen atoms in total. The van der Waals surface area contributed by atoms with E-state index in [9.17, 15) is 0 Å². The van der Waals surface area contributed by atoms with E-state index >= 15 is 0 Å². The van der Waals surface area contributed by atoms with Gasteiger partial charge in [-0.25, -0.2) is 0 Å². The molecule has 0 saturated heterocycles. The van der Waals surface area contributed by atoms with Crippen molar-refractivity contribution in [3.05, 3.63) is 0 Å². The van der Waals surface area contributed by atoms with Gasteiger partial charge in [0.15, 0.2) is 0 Å². The van der Waals surface area contributed by atoms with Gasteiger partial charge in [0.1, 0.15) is 0 Å². The summed E-state index contributed by atoms with van der Waals surface area (Å²) in [4.78, 5) is 0. The lowest BCUT2D eigenvalue weighted by Gasteiger charge is -2.37.